The van der Waals surface area contributed by atoms with Crippen LogP contribution in [-0.2, 0) is 4.79 Å². The molecule has 0 fully saturated rings. The van der Waals surface area contributed by atoms with Gasteiger partial charge in [-0.25, -0.2) is 0 Å². The van der Waals surface area contributed by atoms with Crippen molar-refractivity contribution >= 4 is 23.2 Å². The molecule has 31 heavy (non-hydrogen) atoms. The van der Waals surface area contributed by atoms with Crippen LogP contribution < -0.4 is 15.4 Å². The molecule has 166 valence electrons. The fourth-order valence-corrected chi connectivity index (χ4v) is 3.04. The van der Waals surface area contributed by atoms with Crippen molar-refractivity contribution in [1.29, 1.82) is 0 Å². The maximum absolute atomic E-state index is 12.7. The number of benzene rings is 2. The van der Waals surface area contributed by atoms with Crippen molar-refractivity contribution in [3.05, 3.63) is 66.2 Å². The lowest BCUT2D eigenvalue weighted by Gasteiger charge is -2.21. The SMILES string of the molecule is C=C(C)COc1ccccc1NC(=O)CNc1ccc(C(=O)N(CCC)CCC)cc1. The number of anilines is 2. The molecule has 0 bridgehead atoms. The molecule has 0 spiro atoms. The normalized spacial score (nSPS) is 10.3. The molecule has 0 saturated carbocycles. The molecule has 0 atom stereocenters. The van der Waals surface area contributed by atoms with Crippen molar-refractivity contribution in [2.45, 2.75) is 33.6 Å². The minimum absolute atomic E-state index is 0.0411. The van der Waals surface area contributed by atoms with Crippen molar-refractivity contribution in [3.8, 4) is 5.75 Å². The Morgan fingerprint density at radius 2 is 1.65 bits per heavy atom. The molecule has 6 heteroatoms. The zero-order valence-corrected chi connectivity index (χ0v) is 18.7. The van der Waals surface area contributed by atoms with Gasteiger partial charge in [-0.05, 0) is 61.7 Å². The fourth-order valence-electron chi connectivity index (χ4n) is 3.04. The lowest BCUT2D eigenvalue weighted by atomic mass is 10.1. The second kappa shape index (κ2) is 12.4. The number of ether oxygens (including phenoxy) is 1. The molecule has 0 aliphatic carbocycles. The van der Waals surface area contributed by atoms with Crippen molar-refractivity contribution < 1.29 is 14.3 Å². The van der Waals surface area contributed by atoms with E-state index in [9.17, 15) is 9.59 Å². The highest BCUT2D eigenvalue weighted by Gasteiger charge is 2.14. The lowest BCUT2D eigenvalue weighted by molar-refractivity contribution is -0.114. The number of hydrogen-bond acceptors (Lipinski definition) is 4. The minimum Gasteiger partial charge on any atom is -0.487 e. The summed E-state index contributed by atoms with van der Waals surface area (Å²) in [4.78, 5) is 26.9. The van der Waals surface area contributed by atoms with E-state index in [2.05, 4.69) is 31.1 Å². The first-order valence-corrected chi connectivity index (χ1v) is 10.7. The van der Waals surface area contributed by atoms with Crippen LogP contribution in [0, 0.1) is 0 Å². The van der Waals surface area contributed by atoms with Crippen LogP contribution in [-0.4, -0.2) is 43.0 Å². The molecular formula is C25H33N3O3. The number of carbonyl (C=O) groups excluding carboxylic acids is 2. The summed E-state index contributed by atoms with van der Waals surface area (Å²) in [6.07, 6.45) is 1.86. The first-order valence-electron chi connectivity index (χ1n) is 10.7. The predicted molar refractivity (Wildman–Crippen MR) is 127 cm³/mol. The van der Waals surface area contributed by atoms with Gasteiger partial charge in [0.15, 0.2) is 0 Å². The van der Waals surface area contributed by atoms with Gasteiger partial charge in [0.1, 0.15) is 12.4 Å². The molecule has 0 aliphatic rings. The van der Waals surface area contributed by atoms with E-state index in [1.54, 1.807) is 18.2 Å². The minimum atomic E-state index is -0.191. The van der Waals surface area contributed by atoms with Crippen LogP contribution in [0.1, 0.15) is 44.0 Å². The molecule has 2 aromatic rings. The van der Waals surface area contributed by atoms with E-state index < -0.39 is 0 Å². The van der Waals surface area contributed by atoms with Crippen LogP contribution in [0.5, 0.6) is 5.75 Å². The van der Waals surface area contributed by atoms with Crippen molar-refractivity contribution in [2.75, 3.05) is 36.9 Å². The maximum Gasteiger partial charge on any atom is 0.253 e. The quantitative estimate of drug-likeness (QED) is 0.474. The number of amides is 2. The van der Waals surface area contributed by atoms with Crippen LogP contribution in [0.4, 0.5) is 11.4 Å². The number of carbonyl (C=O) groups is 2. The number of rotatable bonds is 12. The van der Waals surface area contributed by atoms with Gasteiger partial charge in [0.25, 0.3) is 5.91 Å². The molecule has 2 N–H and O–H groups in total. The van der Waals surface area contributed by atoms with E-state index in [1.165, 1.54) is 0 Å². The predicted octanol–water partition coefficient (Wildman–Crippen LogP) is 4.95. The van der Waals surface area contributed by atoms with Gasteiger partial charge in [0.2, 0.25) is 5.91 Å². The third-order valence-corrected chi connectivity index (χ3v) is 4.49. The summed E-state index contributed by atoms with van der Waals surface area (Å²) in [6.45, 7) is 11.8. The Bertz CT molecular complexity index is 872. The molecule has 2 amide bonds. The van der Waals surface area contributed by atoms with Crippen molar-refractivity contribution in [3.63, 3.8) is 0 Å². The Kier molecular flexibility index (Phi) is 9.62. The van der Waals surface area contributed by atoms with Crippen LogP contribution in [0.3, 0.4) is 0 Å². The van der Waals surface area contributed by atoms with Gasteiger partial charge in [-0.2, -0.15) is 0 Å². The highest BCUT2D eigenvalue weighted by Crippen LogP contribution is 2.24. The van der Waals surface area contributed by atoms with E-state index in [0.717, 1.165) is 37.2 Å². The van der Waals surface area contributed by atoms with E-state index in [0.29, 0.717) is 23.6 Å². The Hall–Kier alpha value is -3.28. The van der Waals surface area contributed by atoms with Crippen LogP contribution in [0.25, 0.3) is 0 Å². The Balaban J connectivity index is 1.91. The number of nitrogens with one attached hydrogen (secondary N) is 2. The van der Waals surface area contributed by atoms with E-state index in [4.69, 9.17) is 4.74 Å². The highest BCUT2D eigenvalue weighted by molar-refractivity contribution is 5.96. The third kappa shape index (κ3) is 7.81. The summed E-state index contributed by atoms with van der Waals surface area (Å²) < 4.78 is 5.68. The van der Waals surface area contributed by atoms with Crippen LogP contribution >= 0.6 is 0 Å². The average molecular weight is 424 g/mol. The molecule has 0 aliphatic heterocycles. The summed E-state index contributed by atoms with van der Waals surface area (Å²) >= 11 is 0. The second-order valence-corrected chi connectivity index (χ2v) is 7.51. The smallest absolute Gasteiger partial charge is 0.253 e. The molecule has 0 radical (unpaired) electrons. The summed E-state index contributed by atoms with van der Waals surface area (Å²) in [7, 11) is 0. The van der Waals surface area contributed by atoms with Gasteiger partial charge in [0.05, 0.1) is 12.2 Å². The number of para-hydroxylation sites is 2. The highest BCUT2D eigenvalue weighted by atomic mass is 16.5. The summed E-state index contributed by atoms with van der Waals surface area (Å²) in [5.41, 5.74) is 2.94. The molecule has 0 saturated heterocycles. The van der Waals surface area contributed by atoms with E-state index in [1.807, 2.05) is 42.2 Å². The maximum atomic E-state index is 12.7. The zero-order valence-electron chi connectivity index (χ0n) is 18.7. The zero-order chi connectivity index (χ0) is 22.6. The van der Waals surface area contributed by atoms with Gasteiger partial charge in [-0.15, -0.1) is 0 Å². The summed E-state index contributed by atoms with van der Waals surface area (Å²) in [6, 6.07) is 14.5. The van der Waals surface area contributed by atoms with Crippen LogP contribution in [0.2, 0.25) is 0 Å². The first-order chi connectivity index (χ1) is 14.9. The van der Waals surface area contributed by atoms with E-state index in [-0.39, 0.29) is 18.4 Å². The van der Waals surface area contributed by atoms with Crippen molar-refractivity contribution in [1.82, 2.24) is 4.90 Å². The average Bonchev–Trinajstić information content (AvgIpc) is 2.77. The fraction of sp³-hybridized carbons (Fsp3) is 0.360. The third-order valence-electron chi connectivity index (χ3n) is 4.49. The Morgan fingerprint density at radius 1 is 1.00 bits per heavy atom. The Morgan fingerprint density at radius 3 is 2.26 bits per heavy atom. The number of nitrogens with zero attached hydrogens (tertiary/aromatic N) is 1. The molecule has 2 rings (SSSR count). The summed E-state index contributed by atoms with van der Waals surface area (Å²) in [5, 5.41) is 5.95. The van der Waals surface area contributed by atoms with E-state index >= 15 is 0 Å². The molecule has 0 unspecified atom stereocenters. The molecule has 2 aromatic carbocycles. The van der Waals surface area contributed by atoms with Gasteiger partial charge in [-0.3, -0.25) is 9.59 Å². The monoisotopic (exact) mass is 423 g/mol. The topological polar surface area (TPSA) is 70.7 Å². The molecule has 0 heterocycles. The summed E-state index contributed by atoms with van der Waals surface area (Å²) in [5.74, 6) is 0.452. The largest absolute Gasteiger partial charge is 0.487 e. The Labute approximate surface area is 185 Å². The van der Waals surface area contributed by atoms with Gasteiger partial charge >= 0.3 is 0 Å². The first kappa shape index (κ1) is 24.0. The molecular weight excluding hydrogens is 390 g/mol. The van der Waals surface area contributed by atoms with Gasteiger partial charge < -0.3 is 20.3 Å². The second-order valence-electron chi connectivity index (χ2n) is 7.51. The molecule has 6 nitrogen and oxygen atoms in total. The standard InChI is InChI=1S/C25H33N3O3/c1-5-15-28(16-6-2)25(30)20-11-13-21(14-12-20)26-17-24(29)27-22-9-7-8-10-23(22)31-18-19(3)4/h7-14,26H,3,5-6,15-18H2,1-2,4H3,(H,27,29). The lowest BCUT2D eigenvalue weighted by Crippen LogP contribution is -2.32. The van der Waals surface area contributed by atoms with Crippen LogP contribution in [0.15, 0.2) is 60.7 Å². The van der Waals surface area contributed by atoms with Gasteiger partial charge in [-0.1, -0.05) is 32.6 Å². The van der Waals surface area contributed by atoms with Crippen molar-refractivity contribution in [2.24, 2.45) is 0 Å². The molecule has 0 aromatic heterocycles. The van der Waals surface area contributed by atoms with Gasteiger partial charge in [0, 0.05) is 24.3 Å². The number of hydrogen-bond donors (Lipinski definition) is 2.